The van der Waals surface area contributed by atoms with Crippen LogP contribution in [0.5, 0.6) is 0 Å². The van der Waals surface area contributed by atoms with Crippen molar-refractivity contribution in [3.63, 3.8) is 0 Å². The Hall–Kier alpha value is -1.52. The minimum Gasteiger partial charge on any atom is -0.399 e. The van der Waals surface area contributed by atoms with Gasteiger partial charge in [-0.05, 0) is 43.2 Å². The molecule has 5 heteroatoms. The molecular weight excluding hydrogens is 292 g/mol. The Morgan fingerprint density at radius 1 is 1.40 bits per heavy atom. The summed E-state index contributed by atoms with van der Waals surface area (Å²) in [6.45, 7) is 2.49. The first-order chi connectivity index (χ1) is 9.56. The van der Waals surface area contributed by atoms with Gasteiger partial charge in [-0.2, -0.15) is 0 Å². The van der Waals surface area contributed by atoms with Crippen LogP contribution in [0, 0.1) is 0 Å². The maximum absolute atomic E-state index is 12.1. The highest BCUT2D eigenvalue weighted by molar-refractivity contribution is 7.16. The van der Waals surface area contributed by atoms with Gasteiger partial charge in [0.25, 0.3) is 0 Å². The molecule has 1 amide bonds. The summed E-state index contributed by atoms with van der Waals surface area (Å²) in [4.78, 5) is 13.2. The number of carbonyl (C=O) groups is 1. The summed E-state index contributed by atoms with van der Waals surface area (Å²) in [6.07, 6.45) is 0.798. The van der Waals surface area contributed by atoms with E-state index in [-0.39, 0.29) is 11.8 Å². The molecule has 0 spiro atoms. The average molecular weight is 309 g/mol. The summed E-state index contributed by atoms with van der Waals surface area (Å²) >= 11 is 7.41. The third-order valence-electron chi connectivity index (χ3n) is 3.10. The van der Waals surface area contributed by atoms with Gasteiger partial charge in [0.1, 0.15) is 0 Å². The summed E-state index contributed by atoms with van der Waals surface area (Å²) < 4.78 is 0.777. The number of anilines is 1. The lowest BCUT2D eigenvalue weighted by molar-refractivity contribution is -0.122. The molecule has 3 N–H and O–H groups in total. The molecule has 106 valence electrons. The van der Waals surface area contributed by atoms with Gasteiger partial charge in [0.15, 0.2) is 0 Å². The molecule has 0 radical (unpaired) electrons. The van der Waals surface area contributed by atoms with Gasteiger partial charge in [-0.3, -0.25) is 4.79 Å². The second-order valence-electron chi connectivity index (χ2n) is 4.64. The molecule has 0 bridgehead atoms. The number of nitrogens with two attached hydrogens (primary N) is 1. The number of carbonyl (C=O) groups excluding carboxylic acids is 1. The highest BCUT2D eigenvalue weighted by Crippen LogP contribution is 2.21. The third-order valence-corrected chi connectivity index (χ3v) is 4.39. The highest BCUT2D eigenvalue weighted by atomic mass is 35.5. The van der Waals surface area contributed by atoms with Gasteiger partial charge in [-0.15, -0.1) is 11.3 Å². The van der Waals surface area contributed by atoms with Crippen molar-refractivity contribution in [2.75, 3.05) is 12.3 Å². The zero-order valence-corrected chi connectivity index (χ0v) is 12.8. The van der Waals surface area contributed by atoms with Crippen LogP contribution in [0.25, 0.3) is 0 Å². The van der Waals surface area contributed by atoms with Crippen molar-refractivity contribution in [3.05, 3.63) is 51.2 Å². The van der Waals surface area contributed by atoms with E-state index >= 15 is 0 Å². The summed E-state index contributed by atoms with van der Waals surface area (Å²) in [5.41, 5.74) is 7.34. The first kappa shape index (κ1) is 14.9. The van der Waals surface area contributed by atoms with Crippen LogP contribution < -0.4 is 11.1 Å². The van der Waals surface area contributed by atoms with Crippen LogP contribution in [-0.2, 0) is 11.2 Å². The molecule has 2 rings (SSSR count). The van der Waals surface area contributed by atoms with Crippen LogP contribution in [0.3, 0.4) is 0 Å². The van der Waals surface area contributed by atoms with E-state index in [1.165, 1.54) is 4.88 Å². The first-order valence-electron chi connectivity index (χ1n) is 6.43. The summed E-state index contributed by atoms with van der Waals surface area (Å²) in [5, 5.41) is 2.94. The zero-order valence-electron chi connectivity index (χ0n) is 11.2. The second kappa shape index (κ2) is 6.77. The fourth-order valence-electron chi connectivity index (χ4n) is 1.93. The lowest BCUT2D eigenvalue weighted by Crippen LogP contribution is -2.29. The van der Waals surface area contributed by atoms with Gasteiger partial charge in [0, 0.05) is 17.1 Å². The molecule has 0 saturated carbocycles. The quantitative estimate of drug-likeness (QED) is 0.831. The van der Waals surface area contributed by atoms with E-state index in [1.54, 1.807) is 11.3 Å². The van der Waals surface area contributed by atoms with Crippen molar-refractivity contribution in [3.8, 4) is 0 Å². The number of nitrogens with one attached hydrogen (secondary N) is 1. The van der Waals surface area contributed by atoms with Crippen LogP contribution in [-0.4, -0.2) is 12.5 Å². The summed E-state index contributed by atoms with van der Waals surface area (Å²) in [5.74, 6) is -0.191. The number of hydrogen-bond acceptors (Lipinski definition) is 3. The Morgan fingerprint density at radius 2 is 2.20 bits per heavy atom. The van der Waals surface area contributed by atoms with Gasteiger partial charge in [0.2, 0.25) is 5.91 Å². The van der Waals surface area contributed by atoms with Crippen LogP contribution in [0.2, 0.25) is 4.34 Å². The minimum absolute atomic E-state index is 0.0123. The van der Waals surface area contributed by atoms with E-state index in [2.05, 4.69) is 5.32 Å². The van der Waals surface area contributed by atoms with Gasteiger partial charge in [0.05, 0.1) is 10.3 Å². The maximum Gasteiger partial charge on any atom is 0.227 e. The topological polar surface area (TPSA) is 55.1 Å². The molecular formula is C15H17ClN2OS. The molecule has 0 aliphatic rings. The molecule has 1 heterocycles. The van der Waals surface area contributed by atoms with Crippen molar-refractivity contribution in [2.45, 2.75) is 19.3 Å². The number of benzene rings is 1. The summed E-state index contributed by atoms with van der Waals surface area (Å²) in [6, 6.07) is 11.3. The Kier molecular flexibility index (Phi) is 5.04. The number of rotatable bonds is 5. The van der Waals surface area contributed by atoms with E-state index < -0.39 is 0 Å². The van der Waals surface area contributed by atoms with Crippen molar-refractivity contribution in [1.29, 1.82) is 0 Å². The van der Waals surface area contributed by atoms with Crippen molar-refractivity contribution >= 4 is 34.5 Å². The maximum atomic E-state index is 12.1. The Bertz CT molecular complexity index is 597. The standard InChI is InChI=1S/C15H17ClN2OS/c1-10(11-3-2-4-12(17)9-11)15(19)18-8-7-13-5-6-14(16)20-13/h2-6,9-10H,7-8,17H2,1H3,(H,18,19). The lowest BCUT2D eigenvalue weighted by atomic mass is 10.00. The normalized spacial score (nSPS) is 12.1. The molecule has 0 saturated heterocycles. The SMILES string of the molecule is CC(C(=O)NCCc1ccc(Cl)s1)c1cccc(N)c1. The van der Waals surface area contributed by atoms with Crippen LogP contribution in [0.4, 0.5) is 5.69 Å². The van der Waals surface area contributed by atoms with E-state index in [0.717, 1.165) is 16.3 Å². The highest BCUT2D eigenvalue weighted by Gasteiger charge is 2.14. The number of hydrogen-bond donors (Lipinski definition) is 2. The van der Waals surface area contributed by atoms with E-state index in [1.807, 2.05) is 43.3 Å². The number of thiophene rings is 1. The molecule has 0 aliphatic carbocycles. The third kappa shape index (κ3) is 3.99. The molecule has 20 heavy (non-hydrogen) atoms. The molecule has 0 aliphatic heterocycles. The first-order valence-corrected chi connectivity index (χ1v) is 7.63. The van der Waals surface area contributed by atoms with Crippen molar-refractivity contribution in [2.24, 2.45) is 0 Å². The fraction of sp³-hybridized carbons (Fsp3) is 0.267. The van der Waals surface area contributed by atoms with Crippen molar-refractivity contribution < 1.29 is 4.79 Å². The molecule has 0 fully saturated rings. The monoisotopic (exact) mass is 308 g/mol. The minimum atomic E-state index is -0.203. The Balaban J connectivity index is 1.85. The van der Waals surface area contributed by atoms with Crippen molar-refractivity contribution in [1.82, 2.24) is 5.32 Å². The van der Waals surface area contributed by atoms with Crippen LogP contribution in [0.1, 0.15) is 23.3 Å². The predicted molar refractivity (Wildman–Crippen MR) is 85.3 cm³/mol. The Morgan fingerprint density at radius 3 is 2.85 bits per heavy atom. The largest absolute Gasteiger partial charge is 0.399 e. The van der Waals surface area contributed by atoms with E-state index in [9.17, 15) is 4.79 Å². The molecule has 2 aromatic rings. The predicted octanol–water partition coefficient (Wildman–Crippen LogP) is 3.45. The van der Waals surface area contributed by atoms with E-state index in [4.69, 9.17) is 17.3 Å². The molecule has 1 atom stereocenters. The molecule has 3 nitrogen and oxygen atoms in total. The number of amides is 1. The molecule has 1 unspecified atom stereocenters. The molecule has 1 aromatic heterocycles. The summed E-state index contributed by atoms with van der Waals surface area (Å²) in [7, 11) is 0. The lowest BCUT2D eigenvalue weighted by Gasteiger charge is -2.12. The molecule has 1 aromatic carbocycles. The van der Waals surface area contributed by atoms with Crippen LogP contribution >= 0.6 is 22.9 Å². The van der Waals surface area contributed by atoms with Gasteiger partial charge in [-0.25, -0.2) is 0 Å². The second-order valence-corrected chi connectivity index (χ2v) is 6.44. The number of nitrogen functional groups attached to an aromatic ring is 1. The van der Waals surface area contributed by atoms with Crippen LogP contribution in [0.15, 0.2) is 36.4 Å². The average Bonchev–Trinajstić information content (AvgIpc) is 2.83. The van der Waals surface area contributed by atoms with Gasteiger partial charge >= 0.3 is 0 Å². The van der Waals surface area contributed by atoms with Gasteiger partial charge in [-0.1, -0.05) is 23.7 Å². The Labute approximate surface area is 127 Å². The zero-order chi connectivity index (χ0) is 14.5. The fourth-order valence-corrected chi connectivity index (χ4v) is 3.01. The van der Waals surface area contributed by atoms with Gasteiger partial charge < -0.3 is 11.1 Å². The number of halogens is 1. The van der Waals surface area contributed by atoms with E-state index in [0.29, 0.717) is 12.2 Å². The smallest absolute Gasteiger partial charge is 0.227 e.